The maximum atomic E-state index is 13.0. The molecule has 1 fully saturated rings. The Balaban J connectivity index is 1.50. The van der Waals surface area contributed by atoms with E-state index >= 15 is 0 Å². The number of hydrogen-bond donors (Lipinski definition) is 2. The van der Waals surface area contributed by atoms with Gasteiger partial charge in [-0.3, -0.25) is 9.59 Å². The molecule has 0 aromatic heterocycles. The molecule has 0 radical (unpaired) electrons. The molecule has 0 spiro atoms. The van der Waals surface area contributed by atoms with Gasteiger partial charge in [0.2, 0.25) is 0 Å². The van der Waals surface area contributed by atoms with Crippen LogP contribution >= 0.6 is 15.9 Å². The molecule has 2 aromatic rings. The van der Waals surface area contributed by atoms with E-state index < -0.39 is 29.0 Å². The number of amides is 1. The highest BCUT2D eigenvalue weighted by atomic mass is 79.9. The summed E-state index contributed by atoms with van der Waals surface area (Å²) in [7, 11) is 0. The van der Waals surface area contributed by atoms with Crippen molar-refractivity contribution in [3.63, 3.8) is 0 Å². The Hall–Kier alpha value is -2.88. The molecule has 2 N–H and O–H groups in total. The fourth-order valence-corrected chi connectivity index (χ4v) is 7.24. The number of carboxylic acid groups (broad SMARTS) is 1. The highest BCUT2D eigenvalue weighted by Gasteiger charge is 2.56. The van der Waals surface area contributed by atoms with Crippen LogP contribution in [-0.2, 0) is 21.2 Å². The van der Waals surface area contributed by atoms with Crippen LogP contribution in [-0.4, -0.2) is 35.8 Å². The van der Waals surface area contributed by atoms with Crippen LogP contribution in [0, 0.1) is 11.3 Å². The van der Waals surface area contributed by atoms with E-state index in [0.717, 1.165) is 46.1 Å². The van der Waals surface area contributed by atoms with Crippen LogP contribution in [0.25, 0.3) is 0 Å². The van der Waals surface area contributed by atoms with Crippen molar-refractivity contribution in [2.75, 3.05) is 13.2 Å². The predicted molar refractivity (Wildman–Crippen MR) is 154 cm³/mol. The van der Waals surface area contributed by atoms with Crippen LogP contribution < -0.4 is 5.32 Å². The van der Waals surface area contributed by atoms with Gasteiger partial charge in [-0.25, -0.2) is 0 Å². The van der Waals surface area contributed by atoms with Crippen molar-refractivity contribution >= 4 is 33.5 Å². The number of aliphatic carboxylic acids is 1. The number of rotatable bonds is 8. The number of benzene rings is 2. The van der Waals surface area contributed by atoms with E-state index in [4.69, 9.17) is 4.84 Å². The van der Waals surface area contributed by atoms with E-state index in [1.807, 2.05) is 6.92 Å². The third-order valence-corrected chi connectivity index (χ3v) is 9.51. The molecule has 2 aliphatic rings. The summed E-state index contributed by atoms with van der Waals surface area (Å²) in [5.74, 6) is -1.30. The monoisotopic (exact) mass is 636 g/mol. The quantitative estimate of drug-likeness (QED) is 0.230. The molecule has 4 rings (SSSR count). The second-order valence-electron chi connectivity index (χ2n) is 11.9. The number of nitrogens with one attached hydrogen (secondary N) is 1. The van der Waals surface area contributed by atoms with Gasteiger partial charge in [0, 0.05) is 28.6 Å². The van der Waals surface area contributed by atoms with Crippen molar-refractivity contribution in [3.05, 3.63) is 68.7 Å². The number of carbonyl (C=O) groups excluding carboxylic acids is 1. The zero-order chi connectivity index (χ0) is 30.2. The van der Waals surface area contributed by atoms with Gasteiger partial charge < -0.3 is 15.3 Å². The first kappa shape index (κ1) is 31.1. The Morgan fingerprint density at radius 2 is 1.93 bits per heavy atom. The Morgan fingerprint density at radius 3 is 2.59 bits per heavy atom. The lowest BCUT2D eigenvalue weighted by molar-refractivity contribution is -0.156. The minimum absolute atomic E-state index is 0.0658. The number of fused-ring (bicyclic) bond motifs is 3. The molecule has 0 heterocycles. The van der Waals surface area contributed by atoms with E-state index in [1.54, 1.807) is 0 Å². The standard InChI is InChI=1S/C31H36BrF3N2O4/c1-18(2)21-15-22-23(16-24(21)32)29(3)10-6-11-30(4,28(39)40)26(29)17-25(22)37-41-13-7-12-36-27(38)19-8-5-9-20(14-19)31(33,34)35/h5,8-9,14-16,18,26H,6-7,10-13,17H2,1-4H3,(H,36,38)(H,39,40)/b37-25+/t26?,29-,30-/m1/s1. The summed E-state index contributed by atoms with van der Waals surface area (Å²) in [4.78, 5) is 30.5. The first-order valence-electron chi connectivity index (χ1n) is 13.9. The molecule has 6 nitrogen and oxygen atoms in total. The minimum atomic E-state index is -4.52. The molecular weight excluding hydrogens is 601 g/mol. The van der Waals surface area contributed by atoms with E-state index in [9.17, 15) is 27.9 Å². The highest BCUT2D eigenvalue weighted by Crippen LogP contribution is 2.58. The molecule has 10 heteroatoms. The van der Waals surface area contributed by atoms with Crippen LogP contribution in [0.4, 0.5) is 13.2 Å². The number of carbonyl (C=O) groups is 2. The van der Waals surface area contributed by atoms with Crippen molar-refractivity contribution in [1.82, 2.24) is 5.32 Å². The number of hydrogen-bond acceptors (Lipinski definition) is 4. The second-order valence-corrected chi connectivity index (χ2v) is 12.7. The van der Waals surface area contributed by atoms with Gasteiger partial charge in [-0.15, -0.1) is 0 Å². The molecule has 2 aromatic carbocycles. The molecule has 222 valence electrons. The molecule has 3 atom stereocenters. The van der Waals surface area contributed by atoms with Crippen LogP contribution in [0.5, 0.6) is 0 Å². The van der Waals surface area contributed by atoms with Crippen molar-refractivity contribution in [1.29, 1.82) is 0 Å². The Morgan fingerprint density at radius 1 is 1.20 bits per heavy atom. The summed E-state index contributed by atoms with van der Waals surface area (Å²) in [5.41, 5.74) is 1.72. The number of halogens is 4. The number of oxime groups is 1. The van der Waals surface area contributed by atoms with Gasteiger partial charge in [0.05, 0.1) is 16.7 Å². The SMILES string of the molecule is CC(C)c1cc2c(cc1Br)[C@@]1(C)CCC[C@@](C)(C(=O)O)C1C/C2=N\OCCCNC(=O)c1cccc(C(F)(F)F)c1. The Labute approximate surface area is 246 Å². The largest absolute Gasteiger partial charge is 0.481 e. The van der Waals surface area contributed by atoms with Crippen LogP contribution in [0.2, 0.25) is 0 Å². The maximum Gasteiger partial charge on any atom is 0.416 e. The molecule has 0 saturated heterocycles. The first-order chi connectivity index (χ1) is 19.2. The minimum Gasteiger partial charge on any atom is -0.481 e. The first-order valence-corrected chi connectivity index (χ1v) is 14.7. The molecule has 41 heavy (non-hydrogen) atoms. The second kappa shape index (κ2) is 11.8. The molecule has 0 bridgehead atoms. The lowest BCUT2D eigenvalue weighted by Gasteiger charge is -2.53. The summed E-state index contributed by atoms with van der Waals surface area (Å²) < 4.78 is 39.9. The van der Waals surface area contributed by atoms with Gasteiger partial charge >= 0.3 is 12.1 Å². The van der Waals surface area contributed by atoms with Crippen LogP contribution in [0.15, 0.2) is 46.0 Å². The predicted octanol–water partition coefficient (Wildman–Crippen LogP) is 7.68. The zero-order valence-corrected chi connectivity index (χ0v) is 25.3. The van der Waals surface area contributed by atoms with Gasteiger partial charge in [0.25, 0.3) is 5.91 Å². The number of carboxylic acids is 1. The Kier molecular flexibility index (Phi) is 8.92. The fraction of sp³-hybridized carbons (Fsp3) is 0.516. The van der Waals surface area contributed by atoms with E-state index in [2.05, 4.69) is 59.3 Å². The summed E-state index contributed by atoms with van der Waals surface area (Å²) >= 11 is 3.74. The van der Waals surface area contributed by atoms with Gasteiger partial charge in [0.15, 0.2) is 0 Å². The fourth-order valence-electron chi connectivity index (χ4n) is 6.44. The van der Waals surface area contributed by atoms with Crippen LogP contribution in [0.1, 0.15) is 98.3 Å². The van der Waals surface area contributed by atoms with E-state index in [0.29, 0.717) is 25.0 Å². The average Bonchev–Trinajstić information content (AvgIpc) is 2.90. The third-order valence-electron chi connectivity index (χ3n) is 8.83. The van der Waals surface area contributed by atoms with E-state index in [-0.39, 0.29) is 36.0 Å². The lowest BCUT2D eigenvalue weighted by Crippen LogP contribution is -2.53. The average molecular weight is 638 g/mol. The van der Waals surface area contributed by atoms with Gasteiger partial charge in [0.1, 0.15) is 6.61 Å². The lowest BCUT2D eigenvalue weighted by atomic mass is 9.49. The number of alkyl halides is 3. The van der Waals surface area contributed by atoms with Crippen molar-refractivity contribution in [2.45, 2.75) is 77.3 Å². The highest BCUT2D eigenvalue weighted by molar-refractivity contribution is 9.10. The van der Waals surface area contributed by atoms with E-state index in [1.165, 1.54) is 12.1 Å². The topological polar surface area (TPSA) is 88.0 Å². The van der Waals surface area contributed by atoms with Crippen LogP contribution in [0.3, 0.4) is 0 Å². The Bertz CT molecular complexity index is 1360. The summed E-state index contributed by atoms with van der Waals surface area (Å²) in [6, 6.07) is 8.55. The molecule has 1 amide bonds. The van der Waals surface area contributed by atoms with Gasteiger partial charge in [-0.2, -0.15) is 13.2 Å². The summed E-state index contributed by atoms with van der Waals surface area (Å²) in [5, 5.41) is 17.3. The summed E-state index contributed by atoms with van der Waals surface area (Å²) in [6.45, 7) is 8.60. The normalized spacial score (nSPS) is 25.0. The van der Waals surface area contributed by atoms with Gasteiger partial charge in [-0.1, -0.05) is 54.3 Å². The molecule has 0 aliphatic heterocycles. The summed E-state index contributed by atoms with van der Waals surface area (Å²) in [6.07, 6.45) is -1.35. The van der Waals surface area contributed by atoms with Crippen molar-refractivity contribution in [3.8, 4) is 0 Å². The molecular formula is C31H36BrF3N2O4. The van der Waals surface area contributed by atoms with Gasteiger partial charge in [-0.05, 0) is 84.9 Å². The zero-order valence-electron chi connectivity index (χ0n) is 23.7. The van der Waals surface area contributed by atoms with Crippen molar-refractivity contribution in [2.24, 2.45) is 16.5 Å². The smallest absolute Gasteiger partial charge is 0.416 e. The maximum absolute atomic E-state index is 13.0. The third kappa shape index (κ3) is 6.17. The molecule has 2 aliphatic carbocycles. The molecule has 1 saturated carbocycles. The number of nitrogens with zero attached hydrogens (tertiary/aromatic N) is 1. The molecule has 1 unspecified atom stereocenters. The van der Waals surface area contributed by atoms with Crippen molar-refractivity contribution < 1.29 is 32.7 Å².